The summed E-state index contributed by atoms with van der Waals surface area (Å²) in [6.07, 6.45) is 5.72. The Morgan fingerprint density at radius 1 is 1.20 bits per heavy atom. The van der Waals surface area contributed by atoms with Gasteiger partial charge in [-0.15, -0.1) is 21.0 Å². The van der Waals surface area contributed by atoms with Crippen molar-refractivity contribution in [2.75, 3.05) is 12.3 Å². The minimum atomic E-state index is 0. The van der Waals surface area contributed by atoms with Crippen LogP contribution in [0.5, 0.6) is 0 Å². The maximum Gasteiger partial charge on any atom is -0.0351 e. The highest BCUT2D eigenvalue weighted by molar-refractivity contribution is 7.37. The Kier molecular flexibility index (Phi) is 12.9. The van der Waals surface area contributed by atoms with Gasteiger partial charge in [0.2, 0.25) is 0 Å². The van der Waals surface area contributed by atoms with E-state index in [1.54, 1.807) is 0 Å². The van der Waals surface area contributed by atoms with Crippen LogP contribution in [-0.4, -0.2) is 12.3 Å². The fourth-order valence-corrected chi connectivity index (χ4v) is 2.08. The zero-order valence-electron chi connectivity index (χ0n) is 7.31. The van der Waals surface area contributed by atoms with Gasteiger partial charge in [0.25, 0.3) is 0 Å². The topological polar surface area (TPSA) is 0 Å². The van der Waals surface area contributed by atoms with E-state index in [-0.39, 0.29) is 12.4 Å². The van der Waals surface area contributed by atoms with Crippen LogP contribution in [0, 0.1) is 5.92 Å². The van der Waals surface area contributed by atoms with E-state index in [0.717, 1.165) is 5.92 Å². The normalized spacial score (nSPS) is 10.8. The molecule has 0 rings (SSSR count). The first kappa shape index (κ1) is 13.3. The van der Waals surface area contributed by atoms with Gasteiger partial charge in [0.1, 0.15) is 0 Å². The van der Waals surface area contributed by atoms with E-state index in [2.05, 4.69) is 20.8 Å². The van der Waals surface area contributed by atoms with Crippen LogP contribution in [0.15, 0.2) is 0 Å². The molecule has 0 aliphatic heterocycles. The van der Waals surface area contributed by atoms with Crippen LogP contribution < -0.4 is 0 Å². The molecule has 1 atom stereocenters. The van der Waals surface area contributed by atoms with Crippen LogP contribution in [0.1, 0.15) is 33.6 Å². The molecule has 0 aliphatic rings. The number of halogens is 1. The molecule has 64 valence electrons. The Bertz CT molecular complexity index is 55.2. The van der Waals surface area contributed by atoms with E-state index in [1.165, 1.54) is 33.7 Å². The minimum absolute atomic E-state index is 0. The smallest absolute Gasteiger partial charge is 0.0351 e. The molecule has 2 heteroatoms. The number of rotatable bonds is 5. The lowest BCUT2D eigenvalue weighted by Gasteiger charge is -2.02. The van der Waals surface area contributed by atoms with Crippen LogP contribution in [0.2, 0.25) is 0 Å². The second kappa shape index (κ2) is 9.72. The van der Waals surface area contributed by atoms with E-state index in [9.17, 15) is 0 Å². The molecule has 0 saturated heterocycles. The number of hydrogen-bond acceptors (Lipinski definition) is 0. The summed E-state index contributed by atoms with van der Waals surface area (Å²) >= 11 is 0. The zero-order valence-corrected chi connectivity index (χ0v) is 9.13. The lowest BCUT2D eigenvalue weighted by atomic mass is 10.2. The fraction of sp³-hybridized carbons (Fsp3) is 1.00. The van der Waals surface area contributed by atoms with E-state index >= 15 is 0 Å². The SMILES string of the molecule is CCCPCCC(C)C.Cl. The van der Waals surface area contributed by atoms with Crippen LogP contribution in [0.4, 0.5) is 0 Å². The highest BCUT2D eigenvalue weighted by Gasteiger charge is 1.91. The second-order valence-corrected chi connectivity index (χ2v) is 4.43. The Hall–Kier alpha value is 0.720. The Balaban J connectivity index is 0. The lowest BCUT2D eigenvalue weighted by molar-refractivity contribution is 0.631. The molecule has 0 amide bonds. The van der Waals surface area contributed by atoms with Crippen molar-refractivity contribution in [2.45, 2.75) is 33.6 Å². The molecular weight excluding hydrogens is 163 g/mol. The molecule has 0 bridgehead atoms. The summed E-state index contributed by atoms with van der Waals surface area (Å²) < 4.78 is 0. The molecule has 1 unspecified atom stereocenters. The summed E-state index contributed by atoms with van der Waals surface area (Å²) in [4.78, 5) is 0. The van der Waals surface area contributed by atoms with Crippen molar-refractivity contribution < 1.29 is 0 Å². The van der Waals surface area contributed by atoms with Crippen molar-refractivity contribution in [3.8, 4) is 0 Å². The van der Waals surface area contributed by atoms with Gasteiger partial charge >= 0.3 is 0 Å². The van der Waals surface area contributed by atoms with Crippen LogP contribution in [-0.2, 0) is 0 Å². The third kappa shape index (κ3) is 11.5. The zero-order chi connectivity index (χ0) is 7.11. The second-order valence-electron chi connectivity index (χ2n) is 2.93. The molecule has 0 aliphatic carbocycles. The summed E-state index contributed by atoms with van der Waals surface area (Å²) in [6.45, 7) is 6.87. The van der Waals surface area contributed by atoms with Gasteiger partial charge in [-0.1, -0.05) is 27.2 Å². The maximum atomic E-state index is 2.30. The highest BCUT2D eigenvalue weighted by atomic mass is 35.5. The molecule has 0 saturated carbocycles. The van der Waals surface area contributed by atoms with Gasteiger partial charge in [-0.2, -0.15) is 0 Å². The van der Waals surface area contributed by atoms with Crippen molar-refractivity contribution in [2.24, 2.45) is 5.92 Å². The van der Waals surface area contributed by atoms with Crippen LogP contribution in [0.25, 0.3) is 0 Å². The van der Waals surface area contributed by atoms with Crippen LogP contribution in [0.3, 0.4) is 0 Å². The first-order valence-corrected chi connectivity index (χ1v) is 5.39. The van der Waals surface area contributed by atoms with Gasteiger partial charge in [-0.25, -0.2) is 0 Å². The first-order valence-electron chi connectivity index (χ1n) is 3.98. The largest absolute Gasteiger partial charge is 0.147 e. The molecule has 0 fully saturated rings. The van der Waals surface area contributed by atoms with Gasteiger partial charge < -0.3 is 0 Å². The number of hydrogen-bond donors (Lipinski definition) is 0. The van der Waals surface area contributed by atoms with Gasteiger partial charge in [-0.05, 0) is 24.7 Å². The first-order chi connectivity index (χ1) is 4.27. The molecule has 0 radical (unpaired) electrons. The molecule has 0 N–H and O–H groups in total. The van der Waals surface area contributed by atoms with E-state index < -0.39 is 0 Å². The molecule has 0 aromatic heterocycles. The quantitative estimate of drug-likeness (QED) is 0.451. The van der Waals surface area contributed by atoms with Gasteiger partial charge in [0, 0.05) is 0 Å². The predicted octanol–water partition coefficient (Wildman–Crippen LogP) is 3.54. The third-order valence-corrected chi connectivity index (χ3v) is 2.82. The molecule has 0 aromatic carbocycles. The average Bonchev–Trinajstić information content (AvgIpc) is 1.80. The molecule has 0 spiro atoms. The van der Waals surface area contributed by atoms with Gasteiger partial charge in [-0.3, -0.25) is 0 Å². The minimum Gasteiger partial charge on any atom is -0.147 e. The molecule has 0 heterocycles. The molecule has 0 aromatic rings. The molecule has 0 nitrogen and oxygen atoms in total. The average molecular weight is 183 g/mol. The summed E-state index contributed by atoms with van der Waals surface area (Å²) in [6, 6.07) is 0. The molecular formula is C8H20ClP. The Morgan fingerprint density at radius 3 is 2.20 bits per heavy atom. The van der Waals surface area contributed by atoms with Crippen molar-refractivity contribution in [3.63, 3.8) is 0 Å². The van der Waals surface area contributed by atoms with Crippen molar-refractivity contribution in [1.29, 1.82) is 0 Å². The lowest BCUT2D eigenvalue weighted by Crippen LogP contribution is -1.88. The fourth-order valence-electron chi connectivity index (χ4n) is 0.693. The summed E-state index contributed by atoms with van der Waals surface area (Å²) in [5.41, 5.74) is 0. The molecule has 10 heavy (non-hydrogen) atoms. The summed E-state index contributed by atoms with van der Waals surface area (Å²) in [7, 11) is 1.23. The maximum absolute atomic E-state index is 2.30. The van der Waals surface area contributed by atoms with E-state index in [4.69, 9.17) is 0 Å². The van der Waals surface area contributed by atoms with Crippen molar-refractivity contribution >= 4 is 21.0 Å². The van der Waals surface area contributed by atoms with Crippen molar-refractivity contribution in [1.82, 2.24) is 0 Å². The van der Waals surface area contributed by atoms with E-state index in [1.807, 2.05) is 0 Å². The van der Waals surface area contributed by atoms with Crippen LogP contribution >= 0.6 is 21.0 Å². The summed E-state index contributed by atoms with van der Waals surface area (Å²) in [5.74, 6) is 0.911. The monoisotopic (exact) mass is 182 g/mol. The predicted molar refractivity (Wildman–Crippen MR) is 55.0 cm³/mol. The van der Waals surface area contributed by atoms with Crippen molar-refractivity contribution in [3.05, 3.63) is 0 Å². The highest BCUT2D eigenvalue weighted by Crippen LogP contribution is 2.15. The Morgan fingerprint density at radius 2 is 1.80 bits per heavy atom. The Labute approximate surface area is 73.4 Å². The summed E-state index contributed by atoms with van der Waals surface area (Å²) in [5, 5.41) is 0. The standard InChI is InChI=1S/C8H19P.ClH/c1-4-6-9-7-5-8(2)3;/h8-9H,4-7H2,1-3H3;1H. The van der Waals surface area contributed by atoms with E-state index in [0.29, 0.717) is 0 Å². The van der Waals surface area contributed by atoms with Gasteiger partial charge in [0.05, 0.1) is 0 Å². The third-order valence-electron chi connectivity index (χ3n) is 1.33. The van der Waals surface area contributed by atoms with Gasteiger partial charge in [0.15, 0.2) is 0 Å².